The van der Waals surface area contributed by atoms with Gasteiger partial charge in [0.15, 0.2) is 24.1 Å². The van der Waals surface area contributed by atoms with Crippen molar-refractivity contribution in [3.05, 3.63) is 47.0 Å². The summed E-state index contributed by atoms with van der Waals surface area (Å²) in [4.78, 5) is 22.1. The van der Waals surface area contributed by atoms with E-state index >= 15 is 0 Å². The molecule has 0 radical (unpaired) electrons. The number of phenolic OH excluding ortho intramolecular Hbond substituents is 2. The molecule has 0 aliphatic carbocycles. The quantitative estimate of drug-likeness (QED) is 0.795. The van der Waals surface area contributed by atoms with Crippen LogP contribution in [0, 0.1) is 0 Å². The van der Waals surface area contributed by atoms with E-state index in [1.165, 1.54) is 37.4 Å². The summed E-state index contributed by atoms with van der Waals surface area (Å²) in [7, 11) is 1.36. The van der Waals surface area contributed by atoms with E-state index in [1.54, 1.807) is 0 Å². The van der Waals surface area contributed by atoms with E-state index in [4.69, 9.17) is 9.47 Å². The van der Waals surface area contributed by atoms with Gasteiger partial charge in [-0.3, -0.25) is 9.59 Å². The van der Waals surface area contributed by atoms with Gasteiger partial charge >= 0.3 is 0 Å². The molecule has 2 aromatic rings. The summed E-state index contributed by atoms with van der Waals surface area (Å²) in [5.41, 5.74) is 0.893. The zero-order chi connectivity index (χ0) is 16.1. The second kappa shape index (κ2) is 6.62. The van der Waals surface area contributed by atoms with Gasteiger partial charge in [0.05, 0.1) is 12.7 Å². The number of carbonyl (C=O) groups excluding carboxylic acids is 2. The predicted molar refractivity (Wildman–Crippen MR) is 77.9 cm³/mol. The van der Waals surface area contributed by atoms with Crippen molar-refractivity contribution in [1.29, 1.82) is 0 Å². The highest BCUT2D eigenvalue weighted by Crippen LogP contribution is 2.33. The first-order valence-electron chi connectivity index (χ1n) is 6.35. The third-order valence-electron chi connectivity index (χ3n) is 3.10. The number of methoxy groups -OCH3 is 1. The zero-order valence-electron chi connectivity index (χ0n) is 11.8. The van der Waals surface area contributed by atoms with Crippen LogP contribution < -0.4 is 9.47 Å². The molecule has 6 nitrogen and oxygen atoms in total. The van der Waals surface area contributed by atoms with Gasteiger partial charge in [-0.2, -0.15) is 0 Å². The molecule has 2 N–H and O–H groups in total. The van der Waals surface area contributed by atoms with Crippen molar-refractivity contribution >= 4 is 12.6 Å². The van der Waals surface area contributed by atoms with E-state index in [2.05, 4.69) is 0 Å². The Kier molecular flexibility index (Phi) is 4.63. The minimum atomic E-state index is -0.127. The van der Waals surface area contributed by atoms with Crippen molar-refractivity contribution in [1.82, 2.24) is 0 Å². The number of benzene rings is 2. The standard InChI is InChI=1S/C16H14O6/c1-21-16-13(10(7-17)3-5-14(16)20)9-22-15-6-12(19)4-2-11(15)8-18/h2-8,19-20H,9H2,1H3. The maximum atomic E-state index is 11.1. The summed E-state index contributed by atoms with van der Waals surface area (Å²) in [6, 6.07) is 6.85. The summed E-state index contributed by atoms with van der Waals surface area (Å²) in [5.74, 6) is 0.104. The van der Waals surface area contributed by atoms with Crippen LogP contribution in [0.15, 0.2) is 30.3 Å². The zero-order valence-corrected chi connectivity index (χ0v) is 11.8. The number of rotatable bonds is 6. The molecule has 2 aromatic carbocycles. The monoisotopic (exact) mass is 302 g/mol. The molecule has 0 aliphatic heterocycles. The van der Waals surface area contributed by atoms with E-state index in [1.807, 2.05) is 0 Å². The molecule has 114 valence electrons. The van der Waals surface area contributed by atoms with E-state index < -0.39 is 0 Å². The molecular formula is C16H14O6. The molecule has 0 spiro atoms. The minimum absolute atomic E-state index is 0.0564. The number of hydrogen-bond acceptors (Lipinski definition) is 6. The Bertz CT molecular complexity index is 708. The van der Waals surface area contributed by atoms with Crippen LogP contribution in [-0.2, 0) is 6.61 Å². The Labute approximate surface area is 126 Å². The molecule has 0 heterocycles. The normalized spacial score (nSPS) is 10.0. The SMILES string of the molecule is COc1c(O)ccc(C=O)c1COc1cc(O)ccc1C=O. The van der Waals surface area contributed by atoms with Crippen molar-refractivity contribution in [3.8, 4) is 23.0 Å². The van der Waals surface area contributed by atoms with E-state index in [9.17, 15) is 19.8 Å². The predicted octanol–water partition coefficient (Wildman–Crippen LogP) is 2.31. The first-order valence-corrected chi connectivity index (χ1v) is 6.35. The third kappa shape index (κ3) is 3.01. The Balaban J connectivity index is 2.36. The smallest absolute Gasteiger partial charge is 0.167 e. The van der Waals surface area contributed by atoms with Gasteiger partial charge in [-0.25, -0.2) is 0 Å². The van der Waals surface area contributed by atoms with Gasteiger partial charge in [0.1, 0.15) is 18.1 Å². The molecule has 2 rings (SSSR count). The molecule has 0 amide bonds. The molecule has 0 saturated heterocycles. The molecule has 0 saturated carbocycles. The van der Waals surface area contributed by atoms with Gasteiger partial charge < -0.3 is 19.7 Å². The Hall–Kier alpha value is -3.02. The highest BCUT2D eigenvalue weighted by atomic mass is 16.5. The second-order valence-electron chi connectivity index (χ2n) is 4.43. The summed E-state index contributed by atoms with van der Waals surface area (Å²) < 4.78 is 10.6. The molecule has 0 atom stereocenters. The van der Waals surface area contributed by atoms with Crippen LogP contribution in [0.5, 0.6) is 23.0 Å². The first kappa shape index (κ1) is 15.4. The molecule has 0 bridgehead atoms. The fourth-order valence-electron chi connectivity index (χ4n) is 2.01. The van der Waals surface area contributed by atoms with Gasteiger partial charge in [0, 0.05) is 17.2 Å². The number of hydrogen-bond donors (Lipinski definition) is 2. The average Bonchev–Trinajstić information content (AvgIpc) is 2.53. The third-order valence-corrected chi connectivity index (χ3v) is 3.10. The van der Waals surface area contributed by atoms with E-state index in [0.29, 0.717) is 23.7 Å². The molecule has 0 fully saturated rings. The van der Waals surface area contributed by atoms with Crippen LogP contribution in [-0.4, -0.2) is 29.9 Å². The van der Waals surface area contributed by atoms with Gasteiger partial charge in [-0.15, -0.1) is 0 Å². The Morgan fingerprint density at radius 2 is 1.73 bits per heavy atom. The van der Waals surface area contributed by atoms with Crippen molar-refractivity contribution in [2.45, 2.75) is 6.61 Å². The maximum absolute atomic E-state index is 11.1. The fraction of sp³-hybridized carbons (Fsp3) is 0.125. The first-order chi connectivity index (χ1) is 10.6. The van der Waals surface area contributed by atoms with Crippen LogP contribution in [0.4, 0.5) is 0 Å². The van der Waals surface area contributed by atoms with E-state index in [0.717, 1.165) is 0 Å². The largest absolute Gasteiger partial charge is 0.508 e. The Morgan fingerprint density at radius 1 is 1.05 bits per heavy atom. The number of phenols is 2. The topological polar surface area (TPSA) is 93.1 Å². The maximum Gasteiger partial charge on any atom is 0.167 e. The van der Waals surface area contributed by atoms with Gasteiger partial charge in [0.25, 0.3) is 0 Å². The van der Waals surface area contributed by atoms with Crippen molar-refractivity contribution < 1.29 is 29.3 Å². The highest BCUT2D eigenvalue weighted by molar-refractivity contribution is 5.81. The number of ether oxygens (including phenoxy) is 2. The molecule has 0 aliphatic rings. The molecule has 0 aromatic heterocycles. The lowest BCUT2D eigenvalue weighted by molar-refractivity contribution is 0.110. The summed E-state index contributed by atoms with van der Waals surface area (Å²) >= 11 is 0. The summed E-state index contributed by atoms with van der Waals surface area (Å²) in [5, 5.41) is 19.2. The molecule has 0 unspecified atom stereocenters. The number of carbonyl (C=O) groups is 2. The van der Waals surface area contributed by atoms with Gasteiger partial charge in [0.2, 0.25) is 0 Å². The van der Waals surface area contributed by atoms with Crippen LogP contribution in [0.2, 0.25) is 0 Å². The highest BCUT2D eigenvalue weighted by Gasteiger charge is 2.15. The van der Waals surface area contributed by atoms with Gasteiger partial charge in [-0.05, 0) is 24.3 Å². The lowest BCUT2D eigenvalue weighted by atomic mass is 10.1. The minimum Gasteiger partial charge on any atom is -0.508 e. The van der Waals surface area contributed by atoms with Crippen molar-refractivity contribution in [3.63, 3.8) is 0 Å². The number of aldehydes is 2. The second-order valence-corrected chi connectivity index (χ2v) is 4.43. The summed E-state index contributed by atoms with van der Waals surface area (Å²) in [6.45, 7) is -0.115. The molecule has 22 heavy (non-hydrogen) atoms. The van der Waals surface area contributed by atoms with Crippen molar-refractivity contribution in [2.24, 2.45) is 0 Å². The van der Waals surface area contributed by atoms with Crippen LogP contribution >= 0.6 is 0 Å². The van der Waals surface area contributed by atoms with Crippen LogP contribution in [0.3, 0.4) is 0 Å². The summed E-state index contributed by atoms with van der Waals surface area (Å²) in [6.07, 6.45) is 1.21. The average molecular weight is 302 g/mol. The fourth-order valence-corrected chi connectivity index (χ4v) is 2.01. The molecular weight excluding hydrogens is 288 g/mol. The lowest BCUT2D eigenvalue weighted by Gasteiger charge is -2.14. The Morgan fingerprint density at radius 3 is 2.36 bits per heavy atom. The van der Waals surface area contributed by atoms with Crippen molar-refractivity contribution in [2.75, 3.05) is 7.11 Å². The van der Waals surface area contributed by atoms with Crippen LogP contribution in [0.25, 0.3) is 0 Å². The van der Waals surface area contributed by atoms with Crippen LogP contribution in [0.1, 0.15) is 26.3 Å². The molecule has 6 heteroatoms. The van der Waals surface area contributed by atoms with E-state index in [-0.39, 0.29) is 35.2 Å². The number of aromatic hydroxyl groups is 2. The van der Waals surface area contributed by atoms with Gasteiger partial charge in [-0.1, -0.05) is 0 Å². The lowest BCUT2D eigenvalue weighted by Crippen LogP contribution is -2.04.